The molecule has 2 atom stereocenters. The van der Waals surface area contributed by atoms with E-state index in [-0.39, 0.29) is 30.4 Å². The third-order valence-electron chi connectivity index (χ3n) is 5.89. The molecule has 5 N–H and O–H groups in total. The zero-order chi connectivity index (χ0) is 25.7. The monoisotopic (exact) mass is 493 g/mol. The van der Waals surface area contributed by atoms with E-state index < -0.39 is 30.6 Å². The molecule has 2 unspecified atom stereocenters. The summed E-state index contributed by atoms with van der Waals surface area (Å²) in [7, 11) is 0. The first-order valence-electron chi connectivity index (χ1n) is 11.4. The predicted octanol–water partition coefficient (Wildman–Crippen LogP) is 0.876. The Balaban J connectivity index is 1.50. The normalized spacial score (nSPS) is 16.1. The Morgan fingerprint density at radius 3 is 2.44 bits per heavy atom. The lowest BCUT2D eigenvalue weighted by molar-refractivity contribution is -0.146. The third-order valence-corrected chi connectivity index (χ3v) is 5.89. The second-order valence-corrected chi connectivity index (χ2v) is 8.53. The second-order valence-electron chi connectivity index (χ2n) is 8.53. The van der Waals surface area contributed by atoms with E-state index in [4.69, 9.17) is 5.11 Å². The number of rotatable bonds is 9. The number of carboxylic acid groups (broad SMARTS) is 1. The van der Waals surface area contributed by atoms with Gasteiger partial charge in [0.15, 0.2) is 11.8 Å². The average molecular weight is 494 g/mol. The Hall–Kier alpha value is -4.06. The number of aliphatic hydroxyl groups excluding tert-OH is 2. The van der Waals surface area contributed by atoms with Crippen molar-refractivity contribution in [2.24, 2.45) is 0 Å². The quantitative estimate of drug-likeness (QED) is 0.275. The van der Waals surface area contributed by atoms with Gasteiger partial charge in [-0.25, -0.2) is 10.2 Å². The zero-order valence-corrected chi connectivity index (χ0v) is 19.4. The fraction of sp³-hybridized carbons (Fsp3) is 0.280. The van der Waals surface area contributed by atoms with Crippen LogP contribution in [0, 0.1) is 0 Å². The highest BCUT2D eigenvalue weighted by atomic mass is 16.4. The van der Waals surface area contributed by atoms with Gasteiger partial charge >= 0.3 is 5.97 Å². The fourth-order valence-corrected chi connectivity index (χ4v) is 3.88. The van der Waals surface area contributed by atoms with Crippen LogP contribution >= 0.6 is 0 Å². The van der Waals surface area contributed by atoms with Gasteiger partial charge in [0.25, 0.3) is 11.8 Å². The smallest absolute Gasteiger partial charge is 0.333 e. The van der Waals surface area contributed by atoms with Gasteiger partial charge in [-0.15, -0.1) is 0 Å². The van der Waals surface area contributed by atoms with Crippen LogP contribution in [0.5, 0.6) is 0 Å². The number of carboxylic acids is 1. The van der Waals surface area contributed by atoms with E-state index in [1.807, 2.05) is 54.6 Å². The maximum Gasteiger partial charge on any atom is 0.333 e. The van der Waals surface area contributed by atoms with E-state index in [0.717, 1.165) is 21.7 Å². The van der Waals surface area contributed by atoms with Crippen molar-refractivity contribution in [3.8, 4) is 11.1 Å². The summed E-state index contributed by atoms with van der Waals surface area (Å²) < 4.78 is 0. The Bertz CT molecular complexity index is 1210. The number of benzene rings is 2. The molecular weight excluding hydrogens is 466 g/mol. The van der Waals surface area contributed by atoms with Gasteiger partial charge in [0.1, 0.15) is 5.69 Å². The number of aromatic nitrogens is 2. The van der Waals surface area contributed by atoms with E-state index >= 15 is 0 Å². The van der Waals surface area contributed by atoms with Crippen LogP contribution in [0.2, 0.25) is 0 Å². The lowest BCUT2D eigenvalue weighted by Crippen LogP contribution is -2.47. The molecule has 2 aromatic carbocycles. The molecule has 1 saturated heterocycles. The number of nitrogens with zero attached hydrogens (tertiary/aromatic N) is 3. The van der Waals surface area contributed by atoms with E-state index in [9.17, 15) is 24.6 Å². The van der Waals surface area contributed by atoms with Crippen LogP contribution in [0.25, 0.3) is 11.1 Å². The number of aliphatic hydroxyl groups is 2. The predicted molar refractivity (Wildman–Crippen MR) is 129 cm³/mol. The molecule has 188 valence electrons. The molecule has 1 aliphatic rings. The van der Waals surface area contributed by atoms with E-state index in [1.54, 1.807) is 0 Å². The number of amides is 2. The molecule has 1 aliphatic heterocycles. The largest absolute Gasteiger partial charge is 0.479 e. The average Bonchev–Trinajstić information content (AvgIpc) is 3.56. The van der Waals surface area contributed by atoms with Crippen molar-refractivity contribution in [2.75, 3.05) is 19.6 Å². The van der Waals surface area contributed by atoms with Crippen molar-refractivity contribution in [3.63, 3.8) is 0 Å². The van der Waals surface area contributed by atoms with Crippen LogP contribution in [-0.2, 0) is 11.3 Å². The molecule has 1 aromatic heterocycles. The number of hydrogen-bond donors (Lipinski definition) is 5. The highest BCUT2D eigenvalue weighted by molar-refractivity contribution is 5.97. The molecule has 0 aliphatic carbocycles. The molecule has 36 heavy (non-hydrogen) atoms. The number of aromatic amines is 1. The maximum atomic E-state index is 13.2. The number of hydrazine groups is 1. The molecule has 11 heteroatoms. The summed E-state index contributed by atoms with van der Waals surface area (Å²) in [4.78, 5) is 38.4. The molecule has 4 rings (SSSR count). The van der Waals surface area contributed by atoms with Crippen LogP contribution in [0.4, 0.5) is 0 Å². The maximum absolute atomic E-state index is 13.2. The summed E-state index contributed by atoms with van der Waals surface area (Å²) >= 11 is 0. The fourth-order valence-electron chi connectivity index (χ4n) is 3.88. The third kappa shape index (κ3) is 5.95. The molecule has 1 fully saturated rings. The molecule has 0 radical (unpaired) electrons. The molecule has 2 amide bonds. The first-order chi connectivity index (χ1) is 17.3. The van der Waals surface area contributed by atoms with Crippen molar-refractivity contribution >= 4 is 17.8 Å². The van der Waals surface area contributed by atoms with Crippen LogP contribution in [0.15, 0.2) is 60.7 Å². The van der Waals surface area contributed by atoms with Crippen molar-refractivity contribution in [3.05, 3.63) is 77.6 Å². The number of aliphatic carboxylic acids is 1. The summed E-state index contributed by atoms with van der Waals surface area (Å²) in [5.41, 5.74) is 5.49. The highest BCUT2D eigenvalue weighted by Crippen LogP contribution is 2.20. The number of carbonyl (C=O) groups excluding carboxylic acids is 2. The van der Waals surface area contributed by atoms with Gasteiger partial charge in [0, 0.05) is 19.2 Å². The van der Waals surface area contributed by atoms with Crippen molar-refractivity contribution in [1.29, 1.82) is 0 Å². The molecule has 3 aromatic rings. The van der Waals surface area contributed by atoms with Gasteiger partial charge in [-0.2, -0.15) is 5.10 Å². The minimum atomic E-state index is -1.72. The van der Waals surface area contributed by atoms with Gasteiger partial charge in [-0.1, -0.05) is 54.6 Å². The Morgan fingerprint density at radius 1 is 1.11 bits per heavy atom. The first kappa shape index (κ1) is 25.0. The molecule has 2 heterocycles. The minimum absolute atomic E-state index is 0.0503. The van der Waals surface area contributed by atoms with Gasteiger partial charge in [-0.05, 0) is 23.1 Å². The Kier molecular flexibility index (Phi) is 7.74. The lowest BCUT2D eigenvalue weighted by atomic mass is 10.0. The first-order valence-corrected chi connectivity index (χ1v) is 11.4. The van der Waals surface area contributed by atoms with Crippen molar-refractivity contribution < 1.29 is 29.7 Å². The van der Waals surface area contributed by atoms with Gasteiger partial charge in [0.05, 0.1) is 19.2 Å². The summed E-state index contributed by atoms with van der Waals surface area (Å²) in [6, 6.07) is 18.6. The number of β-amino-alcohol motifs (C(OH)–C–C–N with tert-alkyl or cyclic N) is 1. The Morgan fingerprint density at radius 2 is 1.81 bits per heavy atom. The summed E-state index contributed by atoms with van der Waals surface area (Å²) in [6.45, 7) is 0.253. The molecule has 0 saturated carbocycles. The minimum Gasteiger partial charge on any atom is -0.479 e. The van der Waals surface area contributed by atoms with Crippen molar-refractivity contribution in [1.82, 2.24) is 25.5 Å². The molecule has 0 spiro atoms. The van der Waals surface area contributed by atoms with Crippen LogP contribution < -0.4 is 5.43 Å². The van der Waals surface area contributed by atoms with Gasteiger partial charge < -0.3 is 20.2 Å². The molecule has 0 bridgehead atoms. The standard InChI is InChI=1S/C25H27N5O6/c31-19-10-11-29(15-19)23(33)20-12-21(28-27-20)24(34)30(26-13-22(32)25(35)36)14-16-6-8-18(9-7-16)17-4-2-1-3-5-17/h1-9,12,19,22,26,31-32H,10-11,13-15H2,(H,27,28)(H,35,36). The molecule has 11 nitrogen and oxygen atoms in total. The number of H-pyrrole nitrogens is 1. The Labute approximate surface area is 206 Å². The number of likely N-dealkylation sites (tertiary alicyclic amines) is 1. The molecular formula is C25H27N5O6. The van der Waals surface area contributed by atoms with E-state index in [2.05, 4.69) is 15.6 Å². The summed E-state index contributed by atoms with van der Waals surface area (Å²) in [6.07, 6.45) is -1.82. The number of carbonyl (C=O) groups is 3. The summed E-state index contributed by atoms with van der Waals surface area (Å²) in [5, 5.41) is 36.0. The van der Waals surface area contributed by atoms with Gasteiger partial charge in [0.2, 0.25) is 0 Å². The van der Waals surface area contributed by atoms with Crippen LogP contribution in [0.3, 0.4) is 0 Å². The van der Waals surface area contributed by atoms with Crippen LogP contribution in [0.1, 0.15) is 33.0 Å². The number of nitrogens with one attached hydrogen (secondary N) is 2. The topological polar surface area (TPSA) is 159 Å². The van der Waals surface area contributed by atoms with Crippen molar-refractivity contribution in [2.45, 2.75) is 25.2 Å². The number of hydrogen-bond acceptors (Lipinski definition) is 7. The highest BCUT2D eigenvalue weighted by Gasteiger charge is 2.28. The summed E-state index contributed by atoms with van der Waals surface area (Å²) in [5.74, 6) is -2.42. The zero-order valence-electron chi connectivity index (χ0n) is 19.4. The van der Waals surface area contributed by atoms with E-state index in [1.165, 1.54) is 11.0 Å². The second kappa shape index (κ2) is 11.1. The van der Waals surface area contributed by atoms with Crippen LogP contribution in [-0.4, -0.2) is 85.1 Å². The van der Waals surface area contributed by atoms with Gasteiger partial charge in [-0.3, -0.25) is 19.7 Å². The van der Waals surface area contributed by atoms with E-state index in [0.29, 0.717) is 13.0 Å². The lowest BCUT2D eigenvalue weighted by Gasteiger charge is -2.23. The SMILES string of the molecule is O=C(O)C(O)CNN(Cc1ccc(-c2ccccc2)cc1)C(=O)c1cc(C(=O)N2CCC(O)C2)[nH]n1.